The number of amides is 1. The van der Waals surface area contributed by atoms with Gasteiger partial charge in [-0.15, -0.1) is 0 Å². The van der Waals surface area contributed by atoms with E-state index in [1.54, 1.807) is 7.11 Å². The first-order valence-electron chi connectivity index (χ1n) is 12.0. The number of methoxy groups -OCH3 is 1. The van der Waals surface area contributed by atoms with Crippen molar-refractivity contribution >= 4 is 33.4 Å². The van der Waals surface area contributed by atoms with Crippen molar-refractivity contribution in [2.24, 2.45) is 11.5 Å². The maximum absolute atomic E-state index is 13.4. The van der Waals surface area contributed by atoms with Crippen LogP contribution in [-0.2, 0) is 6.54 Å². The van der Waals surface area contributed by atoms with E-state index < -0.39 is 0 Å². The molecule has 7 nitrogen and oxygen atoms in total. The molecule has 1 fully saturated rings. The molecule has 7 heteroatoms. The number of carbonyl (C=O) groups excluding carboxylic acids is 1. The third kappa shape index (κ3) is 4.72. The Bertz CT molecular complexity index is 1420. The molecule has 0 bridgehead atoms. The summed E-state index contributed by atoms with van der Waals surface area (Å²) in [5.41, 5.74) is 15.0. The van der Waals surface area contributed by atoms with E-state index >= 15 is 0 Å². The molecule has 0 aliphatic heterocycles. The van der Waals surface area contributed by atoms with Gasteiger partial charge in [0.25, 0.3) is 5.91 Å². The highest BCUT2D eigenvalue weighted by Crippen LogP contribution is 2.26. The van der Waals surface area contributed by atoms with Gasteiger partial charge in [-0.25, -0.2) is 0 Å². The summed E-state index contributed by atoms with van der Waals surface area (Å²) in [6, 6.07) is 20.2. The maximum Gasteiger partial charge on any atom is 0.268 e. The molecule has 0 atom stereocenters. The summed E-state index contributed by atoms with van der Waals surface area (Å²) in [6.07, 6.45) is 3.65. The summed E-state index contributed by atoms with van der Waals surface area (Å²) >= 11 is 0. The summed E-state index contributed by atoms with van der Waals surface area (Å²) in [6.45, 7) is 0.519. The fourth-order valence-electron chi connectivity index (χ4n) is 4.98. The van der Waals surface area contributed by atoms with E-state index in [-0.39, 0.29) is 23.8 Å². The van der Waals surface area contributed by atoms with Crippen molar-refractivity contribution in [2.75, 3.05) is 7.11 Å². The van der Waals surface area contributed by atoms with E-state index in [2.05, 4.69) is 23.5 Å². The maximum atomic E-state index is 13.4. The summed E-state index contributed by atoms with van der Waals surface area (Å²) in [5.74, 6) is 0.737. The van der Waals surface area contributed by atoms with Crippen LogP contribution in [0.3, 0.4) is 0 Å². The lowest BCUT2D eigenvalue weighted by Crippen LogP contribution is -2.41. The smallest absolute Gasteiger partial charge is 0.268 e. The van der Waals surface area contributed by atoms with E-state index in [1.165, 1.54) is 0 Å². The standard InChI is InChI=1S/C28H31N5O2/c1-35-24-11-6-18-12-17(2-3-19(18)13-24)16-33-25-15-21(27(30)31)5-4-20(25)14-26(33)28(34)32-23-9-7-22(29)8-10-23/h2-6,11-15,22-23H,7-10,16,29H2,1H3,(H3,30,31)(H,32,34)/t22-,23-. The number of nitrogens with one attached hydrogen (secondary N) is 2. The fourth-order valence-corrected chi connectivity index (χ4v) is 4.98. The Morgan fingerprint density at radius 2 is 1.71 bits per heavy atom. The number of hydrogen-bond donors (Lipinski definition) is 4. The second-order valence-corrected chi connectivity index (χ2v) is 9.44. The minimum atomic E-state index is -0.0865. The van der Waals surface area contributed by atoms with Crippen molar-refractivity contribution in [3.63, 3.8) is 0 Å². The van der Waals surface area contributed by atoms with Crippen LogP contribution in [0, 0.1) is 5.41 Å². The largest absolute Gasteiger partial charge is 0.497 e. The minimum Gasteiger partial charge on any atom is -0.497 e. The molecule has 180 valence electrons. The van der Waals surface area contributed by atoms with Gasteiger partial charge in [-0.05, 0) is 72.4 Å². The molecule has 0 unspecified atom stereocenters. The molecule has 0 spiro atoms. The van der Waals surface area contributed by atoms with Crippen molar-refractivity contribution in [2.45, 2.75) is 44.3 Å². The summed E-state index contributed by atoms with van der Waals surface area (Å²) in [5, 5.41) is 14.2. The number of aromatic nitrogens is 1. The Hall–Kier alpha value is -3.84. The lowest BCUT2D eigenvalue weighted by atomic mass is 9.92. The number of nitrogen functional groups attached to an aromatic ring is 1. The van der Waals surface area contributed by atoms with Gasteiger partial charge in [0.2, 0.25) is 0 Å². The van der Waals surface area contributed by atoms with Gasteiger partial charge in [-0.2, -0.15) is 0 Å². The van der Waals surface area contributed by atoms with Crippen LogP contribution in [0.1, 0.15) is 47.3 Å². The Balaban J connectivity index is 1.52. The molecule has 0 saturated heterocycles. The van der Waals surface area contributed by atoms with E-state index in [4.69, 9.17) is 21.6 Å². The Kier molecular flexibility index (Phi) is 6.17. The van der Waals surface area contributed by atoms with Gasteiger partial charge in [0.1, 0.15) is 17.3 Å². The fraction of sp³-hybridized carbons (Fsp3) is 0.286. The quantitative estimate of drug-likeness (QED) is 0.251. The lowest BCUT2D eigenvalue weighted by molar-refractivity contribution is 0.0917. The van der Waals surface area contributed by atoms with Crippen LogP contribution in [0.5, 0.6) is 5.75 Å². The first kappa shape index (κ1) is 22.9. The van der Waals surface area contributed by atoms with Gasteiger partial charge in [0.05, 0.1) is 7.11 Å². The highest BCUT2D eigenvalue weighted by Gasteiger charge is 2.23. The zero-order valence-electron chi connectivity index (χ0n) is 19.9. The number of amidine groups is 1. The first-order chi connectivity index (χ1) is 16.9. The molecule has 1 aliphatic rings. The normalized spacial score (nSPS) is 18.0. The molecule has 5 rings (SSSR count). The van der Waals surface area contributed by atoms with Crippen molar-refractivity contribution in [1.82, 2.24) is 9.88 Å². The van der Waals surface area contributed by atoms with Gasteiger partial charge in [0.15, 0.2) is 0 Å². The molecule has 1 heterocycles. The van der Waals surface area contributed by atoms with Crippen LogP contribution in [0.4, 0.5) is 0 Å². The van der Waals surface area contributed by atoms with Gasteiger partial charge in [-0.3, -0.25) is 10.2 Å². The molecule has 4 aromatic rings. The van der Waals surface area contributed by atoms with Gasteiger partial charge < -0.3 is 26.1 Å². The monoisotopic (exact) mass is 469 g/mol. The van der Waals surface area contributed by atoms with E-state index in [0.717, 1.165) is 58.7 Å². The highest BCUT2D eigenvalue weighted by atomic mass is 16.5. The van der Waals surface area contributed by atoms with E-state index in [9.17, 15) is 4.79 Å². The molecular weight excluding hydrogens is 438 g/mol. The Labute approximate surface area is 204 Å². The van der Waals surface area contributed by atoms with Crippen LogP contribution in [-0.4, -0.2) is 35.5 Å². The molecular formula is C28H31N5O2. The summed E-state index contributed by atoms with van der Waals surface area (Å²) in [4.78, 5) is 13.4. The average molecular weight is 470 g/mol. The molecule has 35 heavy (non-hydrogen) atoms. The lowest BCUT2D eigenvalue weighted by Gasteiger charge is -2.27. The number of ether oxygens (including phenoxy) is 1. The van der Waals surface area contributed by atoms with Crippen LogP contribution >= 0.6 is 0 Å². The van der Waals surface area contributed by atoms with Crippen LogP contribution in [0.15, 0.2) is 60.7 Å². The number of rotatable bonds is 6. The second-order valence-electron chi connectivity index (χ2n) is 9.44. The SMILES string of the molecule is COc1ccc2cc(Cn3c(C(=O)N[C@H]4CC[C@H](N)CC4)cc4ccc(C(=N)N)cc43)ccc2c1. The minimum absolute atomic E-state index is 0.00356. The second kappa shape index (κ2) is 9.43. The van der Waals surface area contributed by atoms with Gasteiger partial charge in [0, 0.05) is 35.1 Å². The first-order valence-corrected chi connectivity index (χ1v) is 12.0. The zero-order chi connectivity index (χ0) is 24.5. The van der Waals surface area contributed by atoms with Crippen LogP contribution in [0.2, 0.25) is 0 Å². The predicted molar refractivity (Wildman–Crippen MR) is 140 cm³/mol. The topological polar surface area (TPSA) is 119 Å². The Morgan fingerprint density at radius 3 is 2.46 bits per heavy atom. The number of hydrogen-bond acceptors (Lipinski definition) is 4. The van der Waals surface area contributed by atoms with E-state index in [0.29, 0.717) is 17.8 Å². The number of benzene rings is 3. The van der Waals surface area contributed by atoms with E-state index in [1.807, 2.05) is 47.0 Å². The van der Waals surface area contributed by atoms with Crippen molar-refractivity contribution in [1.29, 1.82) is 5.41 Å². The number of fused-ring (bicyclic) bond motifs is 2. The van der Waals surface area contributed by atoms with Crippen LogP contribution in [0.25, 0.3) is 21.7 Å². The molecule has 3 aromatic carbocycles. The number of nitrogens with zero attached hydrogens (tertiary/aromatic N) is 1. The van der Waals surface area contributed by atoms with Crippen molar-refractivity contribution in [3.8, 4) is 5.75 Å². The molecule has 6 N–H and O–H groups in total. The highest BCUT2D eigenvalue weighted by molar-refractivity contribution is 6.02. The third-order valence-electron chi connectivity index (χ3n) is 7.01. The van der Waals surface area contributed by atoms with Crippen molar-refractivity contribution < 1.29 is 9.53 Å². The molecule has 1 saturated carbocycles. The van der Waals surface area contributed by atoms with Gasteiger partial charge >= 0.3 is 0 Å². The number of carbonyl (C=O) groups is 1. The Morgan fingerprint density at radius 1 is 1.00 bits per heavy atom. The number of nitrogens with two attached hydrogens (primary N) is 2. The zero-order valence-corrected chi connectivity index (χ0v) is 19.9. The van der Waals surface area contributed by atoms with Gasteiger partial charge in [-0.1, -0.05) is 30.3 Å². The molecule has 1 amide bonds. The molecule has 0 radical (unpaired) electrons. The summed E-state index contributed by atoms with van der Waals surface area (Å²) in [7, 11) is 1.66. The van der Waals surface area contributed by atoms with Crippen LogP contribution < -0.4 is 21.5 Å². The molecule has 1 aromatic heterocycles. The summed E-state index contributed by atoms with van der Waals surface area (Å²) < 4.78 is 7.37. The predicted octanol–water partition coefficient (Wildman–Crippen LogP) is 4.14. The average Bonchev–Trinajstić information content (AvgIpc) is 3.22. The third-order valence-corrected chi connectivity index (χ3v) is 7.01. The van der Waals surface area contributed by atoms with Crippen molar-refractivity contribution in [3.05, 3.63) is 77.5 Å². The molecule has 1 aliphatic carbocycles.